The first-order valence-corrected chi connectivity index (χ1v) is 6.30. The Morgan fingerprint density at radius 1 is 1.14 bits per heavy atom. The van der Waals surface area contributed by atoms with Crippen molar-refractivity contribution in [3.8, 4) is 5.75 Å². The van der Waals surface area contributed by atoms with E-state index in [1.807, 2.05) is 0 Å². The molecule has 116 valence electrons. The lowest BCUT2D eigenvalue weighted by Gasteiger charge is -2.08. The fourth-order valence-electron chi connectivity index (χ4n) is 1.97. The molecule has 0 bridgehead atoms. The Labute approximate surface area is 125 Å². The number of carbonyl (C=O) groups is 2. The van der Waals surface area contributed by atoms with Gasteiger partial charge in [-0.2, -0.15) is 0 Å². The second-order valence-corrected chi connectivity index (χ2v) is 4.35. The van der Waals surface area contributed by atoms with Crippen molar-refractivity contribution in [2.75, 3.05) is 21.3 Å². The molecule has 7 nitrogen and oxygen atoms in total. The van der Waals surface area contributed by atoms with Gasteiger partial charge in [0, 0.05) is 0 Å². The van der Waals surface area contributed by atoms with Crippen LogP contribution in [0.25, 0.3) is 11.0 Å². The smallest absolute Gasteiger partial charge is 0.374 e. The average molecular weight is 306 g/mol. The lowest BCUT2D eigenvalue weighted by Crippen LogP contribution is -2.20. The van der Waals surface area contributed by atoms with Gasteiger partial charge in [0.25, 0.3) is 0 Å². The van der Waals surface area contributed by atoms with Crippen molar-refractivity contribution in [2.24, 2.45) is 0 Å². The third-order valence-electron chi connectivity index (χ3n) is 3.11. The minimum Gasteiger partial charge on any atom is -0.497 e. The minimum absolute atomic E-state index is 0.112. The van der Waals surface area contributed by atoms with E-state index in [4.69, 9.17) is 9.15 Å². The molecule has 0 spiro atoms. The van der Waals surface area contributed by atoms with Gasteiger partial charge >= 0.3 is 11.9 Å². The molecule has 0 N–H and O–H groups in total. The third-order valence-corrected chi connectivity index (χ3v) is 3.11. The van der Waals surface area contributed by atoms with Crippen LogP contribution in [-0.2, 0) is 20.7 Å². The van der Waals surface area contributed by atoms with E-state index in [1.165, 1.54) is 26.4 Å². The molecule has 0 amide bonds. The number of ether oxygens (including phenoxy) is 3. The molecule has 7 heteroatoms. The quantitative estimate of drug-likeness (QED) is 0.786. The Hall–Kier alpha value is -2.83. The standard InChI is InChI=1S/C15H14O7/c1-19-8-4-5-11-9(6-8)13(17)10(7-12(16)20-2)14(22-11)15(18)21-3/h4-6H,7H2,1-3H3. The minimum atomic E-state index is -0.839. The highest BCUT2D eigenvalue weighted by Crippen LogP contribution is 2.22. The van der Waals surface area contributed by atoms with Crippen LogP contribution in [0.15, 0.2) is 27.4 Å². The van der Waals surface area contributed by atoms with Gasteiger partial charge in [-0.25, -0.2) is 4.79 Å². The fraction of sp³-hybridized carbons (Fsp3) is 0.267. The molecule has 2 rings (SSSR count). The molecular weight excluding hydrogens is 292 g/mol. The van der Waals surface area contributed by atoms with Crippen LogP contribution in [0, 0.1) is 0 Å². The van der Waals surface area contributed by atoms with Gasteiger partial charge < -0.3 is 18.6 Å². The maximum atomic E-state index is 12.6. The van der Waals surface area contributed by atoms with Gasteiger partial charge in [0.1, 0.15) is 11.3 Å². The molecule has 0 radical (unpaired) electrons. The van der Waals surface area contributed by atoms with Gasteiger partial charge in [-0.1, -0.05) is 0 Å². The van der Waals surface area contributed by atoms with Crippen molar-refractivity contribution in [2.45, 2.75) is 6.42 Å². The van der Waals surface area contributed by atoms with Crippen molar-refractivity contribution in [1.82, 2.24) is 0 Å². The summed E-state index contributed by atoms with van der Waals surface area (Å²) in [5.41, 5.74) is -0.426. The van der Waals surface area contributed by atoms with Gasteiger partial charge in [0.2, 0.25) is 5.76 Å². The second-order valence-electron chi connectivity index (χ2n) is 4.35. The molecule has 1 aromatic carbocycles. The number of benzene rings is 1. The Bertz CT molecular complexity index is 788. The van der Waals surface area contributed by atoms with Crippen LogP contribution in [0.4, 0.5) is 0 Å². The Kier molecular flexibility index (Phi) is 4.45. The Morgan fingerprint density at radius 3 is 2.45 bits per heavy atom. The molecule has 1 heterocycles. The number of rotatable bonds is 4. The molecule has 0 saturated carbocycles. The summed E-state index contributed by atoms with van der Waals surface area (Å²) in [6, 6.07) is 4.57. The number of hydrogen-bond acceptors (Lipinski definition) is 7. The summed E-state index contributed by atoms with van der Waals surface area (Å²) < 4.78 is 19.6. The highest BCUT2D eigenvalue weighted by atomic mass is 16.5. The van der Waals surface area contributed by atoms with Crippen LogP contribution >= 0.6 is 0 Å². The van der Waals surface area contributed by atoms with Crippen LogP contribution in [-0.4, -0.2) is 33.3 Å². The van der Waals surface area contributed by atoms with Crippen molar-refractivity contribution < 1.29 is 28.2 Å². The summed E-state index contributed by atoms with van der Waals surface area (Å²) in [4.78, 5) is 35.8. The molecular formula is C15H14O7. The predicted octanol–water partition coefficient (Wildman–Crippen LogP) is 1.30. The fourth-order valence-corrected chi connectivity index (χ4v) is 1.97. The molecule has 0 fully saturated rings. The number of methoxy groups -OCH3 is 3. The largest absolute Gasteiger partial charge is 0.497 e. The van der Waals surface area contributed by atoms with Crippen LogP contribution in [0.1, 0.15) is 16.1 Å². The van der Waals surface area contributed by atoms with E-state index in [2.05, 4.69) is 9.47 Å². The highest BCUT2D eigenvalue weighted by Gasteiger charge is 2.23. The normalized spacial score (nSPS) is 10.3. The molecule has 0 aliphatic heterocycles. The first-order chi connectivity index (χ1) is 10.5. The van der Waals surface area contributed by atoms with Crippen molar-refractivity contribution in [3.05, 3.63) is 39.7 Å². The molecule has 0 aliphatic rings. The first kappa shape index (κ1) is 15.6. The predicted molar refractivity (Wildman–Crippen MR) is 76.1 cm³/mol. The number of carbonyl (C=O) groups excluding carboxylic acids is 2. The summed E-state index contributed by atoms with van der Waals surface area (Å²) in [6.07, 6.45) is -0.392. The summed E-state index contributed by atoms with van der Waals surface area (Å²) in [5, 5.41) is 0.200. The number of fused-ring (bicyclic) bond motifs is 1. The average Bonchev–Trinajstić information content (AvgIpc) is 2.55. The lowest BCUT2D eigenvalue weighted by molar-refractivity contribution is -0.139. The van der Waals surface area contributed by atoms with E-state index in [0.29, 0.717) is 5.75 Å². The van der Waals surface area contributed by atoms with Gasteiger partial charge in [-0.3, -0.25) is 9.59 Å². The first-order valence-electron chi connectivity index (χ1n) is 6.30. The maximum absolute atomic E-state index is 12.6. The van der Waals surface area contributed by atoms with Crippen LogP contribution in [0.2, 0.25) is 0 Å². The van der Waals surface area contributed by atoms with E-state index >= 15 is 0 Å². The van der Waals surface area contributed by atoms with Crippen molar-refractivity contribution in [3.63, 3.8) is 0 Å². The number of hydrogen-bond donors (Lipinski definition) is 0. The third kappa shape index (κ3) is 2.78. The maximum Gasteiger partial charge on any atom is 0.374 e. The van der Waals surface area contributed by atoms with E-state index < -0.39 is 23.8 Å². The van der Waals surface area contributed by atoms with Gasteiger partial charge in [-0.15, -0.1) is 0 Å². The topological polar surface area (TPSA) is 92.0 Å². The van der Waals surface area contributed by atoms with Crippen LogP contribution in [0.5, 0.6) is 5.75 Å². The van der Waals surface area contributed by atoms with Crippen LogP contribution in [0.3, 0.4) is 0 Å². The summed E-state index contributed by atoms with van der Waals surface area (Å²) in [7, 11) is 3.80. The van der Waals surface area contributed by atoms with Crippen molar-refractivity contribution in [1.29, 1.82) is 0 Å². The SMILES string of the molecule is COC(=O)Cc1c(C(=O)OC)oc2ccc(OC)cc2c1=O. The summed E-state index contributed by atoms with van der Waals surface area (Å²) in [6.45, 7) is 0. The zero-order valence-electron chi connectivity index (χ0n) is 12.3. The number of esters is 2. The second kappa shape index (κ2) is 6.30. The van der Waals surface area contributed by atoms with Crippen molar-refractivity contribution >= 4 is 22.9 Å². The Balaban J connectivity index is 2.75. The van der Waals surface area contributed by atoms with E-state index in [-0.39, 0.29) is 22.3 Å². The Morgan fingerprint density at radius 2 is 1.86 bits per heavy atom. The van der Waals surface area contributed by atoms with E-state index in [9.17, 15) is 14.4 Å². The molecule has 22 heavy (non-hydrogen) atoms. The van der Waals surface area contributed by atoms with E-state index in [1.54, 1.807) is 6.07 Å². The zero-order chi connectivity index (χ0) is 16.3. The van der Waals surface area contributed by atoms with E-state index in [0.717, 1.165) is 7.11 Å². The monoisotopic (exact) mass is 306 g/mol. The molecule has 0 atom stereocenters. The highest BCUT2D eigenvalue weighted by molar-refractivity contribution is 5.92. The van der Waals surface area contributed by atoms with Gasteiger partial charge in [0.15, 0.2) is 5.43 Å². The molecule has 1 aromatic heterocycles. The molecule has 0 saturated heterocycles. The molecule has 2 aromatic rings. The van der Waals surface area contributed by atoms with Gasteiger partial charge in [0.05, 0.1) is 38.7 Å². The van der Waals surface area contributed by atoms with Crippen LogP contribution < -0.4 is 10.2 Å². The summed E-state index contributed by atoms with van der Waals surface area (Å²) >= 11 is 0. The lowest BCUT2D eigenvalue weighted by atomic mass is 10.1. The molecule has 0 unspecified atom stereocenters. The van der Waals surface area contributed by atoms with Gasteiger partial charge in [-0.05, 0) is 18.2 Å². The zero-order valence-corrected chi connectivity index (χ0v) is 12.3. The summed E-state index contributed by atoms with van der Waals surface area (Å²) in [5.74, 6) is -1.36. The molecule has 0 aliphatic carbocycles.